The highest BCUT2D eigenvalue weighted by Crippen LogP contribution is 2.39. The lowest BCUT2D eigenvalue weighted by Gasteiger charge is -2.28. The van der Waals surface area contributed by atoms with Gasteiger partial charge in [0, 0.05) is 43.5 Å². The van der Waals surface area contributed by atoms with E-state index in [2.05, 4.69) is 21.6 Å². The summed E-state index contributed by atoms with van der Waals surface area (Å²) in [4.78, 5) is 32.5. The van der Waals surface area contributed by atoms with Crippen molar-refractivity contribution in [3.63, 3.8) is 0 Å². The Labute approximate surface area is 229 Å². The fraction of sp³-hybridized carbons (Fsp3) is 0.607. The van der Waals surface area contributed by atoms with Gasteiger partial charge in [-0.1, -0.05) is 6.07 Å². The predicted octanol–water partition coefficient (Wildman–Crippen LogP) is 5.76. The van der Waals surface area contributed by atoms with Crippen molar-refractivity contribution < 1.29 is 23.8 Å². The molecule has 208 valence electrons. The second-order valence-corrected chi connectivity index (χ2v) is 11.6. The molecule has 1 saturated heterocycles. The fourth-order valence-corrected chi connectivity index (χ4v) is 6.05. The Kier molecular flexibility index (Phi) is 9.98. The first-order chi connectivity index (χ1) is 18.3. The highest BCUT2D eigenvalue weighted by molar-refractivity contribution is 7.15. The quantitative estimate of drug-likeness (QED) is 0.436. The SMILES string of the molecule is CC(C)OC(=O)Nc1ccc(-c2cnc(C3CCC(NC(=O)OC(C)C)CC3)s2)c(CN2CCOCC2)c1. The molecule has 2 N–H and O–H groups in total. The van der Waals surface area contributed by atoms with Crippen molar-refractivity contribution in [1.82, 2.24) is 15.2 Å². The van der Waals surface area contributed by atoms with Crippen LogP contribution < -0.4 is 10.6 Å². The van der Waals surface area contributed by atoms with E-state index in [4.69, 9.17) is 19.2 Å². The summed E-state index contributed by atoms with van der Waals surface area (Å²) in [6, 6.07) is 6.18. The van der Waals surface area contributed by atoms with Crippen LogP contribution in [0.3, 0.4) is 0 Å². The third kappa shape index (κ3) is 8.15. The van der Waals surface area contributed by atoms with Crippen LogP contribution in [-0.4, -0.2) is 66.6 Å². The van der Waals surface area contributed by atoms with Crippen molar-refractivity contribution in [2.24, 2.45) is 0 Å². The summed E-state index contributed by atoms with van der Waals surface area (Å²) in [5.74, 6) is 0.391. The first-order valence-electron chi connectivity index (χ1n) is 13.6. The number of alkyl carbamates (subject to hydrolysis) is 1. The molecule has 1 aromatic carbocycles. The zero-order chi connectivity index (χ0) is 27.1. The normalized spacial score (nSPS) is 20.4. The lowest BCUT2D eigenvalue weighted by molar-refractivity contribution is 0.0342. The molecule has 1 aliphatic carbocycles. The number of hydrogen-bond donors (Lipinski definition) is 2. The summed E-state index contributed by atoms with van der Waals surface area (Å²) in [7, 11) is 0. The van der Waals surface area contributed by atoms with Gasteiger partial charge in [0.1, 0.15) is 0 Å². The zero-order valence-corrected chi connectivity index (χ0v) is 23.6. The number of amides is 2. The smallest absolute Gasteiger partial charge is 0.411 e. The van der Waals surface area contributed by atoms with Crippen molar-refractivity contribution in [3.05, 3.63) is 35.0 Å². The van der Waals surface area contributed by atoms with E-state index in [1.165, 1.54) is 0 Å². The minimum Gasteiger partial charge on any atom is -0.447 e. The molecule has 1 saturated carbocycles. The maximum Gasteiger partial charge on any atom is 0.411 e. The molecule has 0 spiro atoms. The van der Waals surface area contributed by atoms with Crippen LogP contribution in [0.2, 0.25) is 0 Å². The topological polar surface area (TPSA) is 102 Å². The van der Waals surface area contributed by atoms with Crippen molar-refractivity contribution in [2.75, 3.05) is 31.6 Å². The number of anilines is 1. The predicted molar refractivity (Wildman–Crippen MR) is 149 cm³/mol. The molecule has 0 atom stereocenters. The third-order valence-electron chi connectivity index (χ3n) is 6.72. The molecule has 4 rings (SSSR count). The van der Waals surface area contributed by atoms with E-state index in [9.17, 15) is 9.59 Å². The Balaban J connectivity index is 1.45. The van der Waals surface area contributed by atoms with Gasteiger partial charge in [-0.15, -0.1) is 11.3 Å². The first-order valence-corrected chi connectivity index (χ1v) is 14.4. The van der Waals surface area contributed by atoms with Crippen LogP contribution in [0, 0.1) is 0 Å². The molecule has 10 heteroatoms. The third-order valence-corrected chi connectivity index (χ3v) is 7.92. The summed E-state index contributed by atoms with van der Waals surface area (Å²) in [6.45, 7) is 11.3. The van der Waals surface area contributed by atoms with Crippen molar-refractivity contribution in [2.45, 2.75) is 84.1 Å². The van der Waals surface area contributed by atoms with Crippen LogP contribution in [-0.2, 0) is 20.8 Å². The number of carbonyl (C=O) groups is 2. The molecule has 2 aliphatic rings. The number of nitrogens with one attached hydrogen (secondary N) is 2. The molecule has 2 heterocycles. The van der Waals surface area contributed by atoms with Gasteiger partial charge in [-0.3, -0.25) is 10.2 Å². The molecule has 2 aromatic rings. The van der Waals surface area contributed by atoms with Crippen molar-refractivity contribution in [3.8, 4) is 10.4 Å². The molecule has 0 bridgehead atoms. The average molecular weight is 545 g/mol. The van der Waals surface area contributed by atoms with E-state index < -0.39 is 6.09 Å². The lowest BCUT2D eigenvalue weighted by atomic mass is 9.86. The lowest BCUT2D eigenvalue weighted by Crippen LogP contribution is -2.38. The van der Waals surface area contributed by atoms with Gasteiger partial charge >= 0.3 is 12.2 Å². The number of benzene rings is 1. The maximum atomic E-state index is 12.2. The highest BCUT2D eigenvalue weighted by atomic mass is 32.1. The molecular weight excluding hydrogens is 504 g/mol. The Morgan fingerprint density at radius 2 is 1.74 bits per heavy atom. The fourth-order valence-electron chi connectivity index (χ4n) is 4.90. The first kappa shape index (κ1) is 28.3. The molecule has 0 unspecified atom stereocenters. The van der Waals surface area contributed by atoms with Gasteiger partial charge in [-0.05, 0) is 76.6 Å². The summed E-state index contributed by atoms with van der Waals surface area (Å²) in [5.41, 5.74) is 2.99. The minimum atomic E-state index is -0.451. The second-order valence-electron chi connectivity index (χ2n) is 10.5. The minimum absolute atomic E-state index is 0.119. The van der Waals surface area contributed by atoms with Crippen LogP contribution >= 0.6 is 11.3 Å². The Bertz CT molecular complexity index is 1070. The Morgan fingerprint density at radius 3 is 2.42 bits per heavy atom. The number of hydrogen-bond acceptors (Lipinski definition) is 8. The molecule has 2 fully saturated rings. The molecule has 9 nitrogen and oxygen atoms in total. The molecule has 38 heavy (non-hydrogen) atoms. The number of morpholine rings is 1. The van der Waals surface area contributed by atoms with Gasteiger partial charge in [-0.25, -0.2) is 14.6 Å². The van der Waals surface area contributed by atoms with E-state index in [0.717, 1.165) is 79.5 Å². The van der Waals surface area contributed by atoms with E-state index in [1.807, 2.05) is 46.0 Å². The van der Waals surface area contributed by atoms with Crippen LogP contribution in [0.4, 0.5) is 15.3 Å². The second kappa shape index (κ2) is 13.4. The Morgan fingerprint density at radius 1 is 1.05 bits per heavy atom. The van der Waals surface area contributed by atoms with E-state index >= 15 is 0 Å². The molecule has 0 radical (unpaired) electrons. The number of rotatable bonds is 8. The summed E-state index contributed by atoms with van der Waals surface area (Å²) < 4.78 is 16.0. The van der Waals surface area contributed by atoms with E-state index in [0.29, 0.717) is 11.6 Å². The van der Waals surface area contributed by atoms with Crippen LogP contribution in [0.1, 0.15) is 69.9 Å². The molecular formula is C28H40N4O5S. The number of carbonyl (C=O) groups excluding carboxylic acids is 2. The number of ether oxygens (including phenoxy) is 3. The van der Waals surface area contributed by atoms with Gasteiger partial charge in [0.15, 0.2) is 0 Å². The molecule has 2 amide bonds. The van der Waals surface area contributed by atoms with E-state index in [-0.39, 0.29) is 24.3 Å². The zero-order valence-electron chi connectivity index (χ0n) is 22.8. The summed E-state index contributed by atoms with van der Waals surface area (Å²) in [5, 5.41) is 7.00. The van der Waals surface area contributed by atoms with Gasteiger partial charge in [0.25, 0.3) is 0 Å². The number of thiazole rings is 1. The van der Waals surface area contributed by atoms with Gasteiger partial charge in [0.05, 0.1) is 35.3 Å². The van der Waals surface area contributed by atoms with Crippen molar-refractivity contribution in [1.29, 1.82) is 0 Å². The van der Waals surface area contributed by atoms with Gasteiger partial charge in [0.2, 0.25) is 0 Å². The summed E-state index contributed by atoms with van der Waals surface area (Å²) in [6.07, 6.45) is 4.70. The van der Waals surface area contributed by atoms with Crippen LogP contribution in [0.15, 0.2) is 24.4 Å². The van der Waals surface area contributed by atoms with Crippen LogP contribution in [0.5, 0.6) is 0 Å². The molecule has 1 aromatic heterocycles. The van der Waals surface area contributed by atoms with Crippen molar-refractivity contribution >= 4 is 29.2 Å². The molecule has 1 aliphatic heterocycles. The Hall–Kier alpha value is -2.69. The maximum absolute atomic E-state index is 12.2. The van der Waals surface area contributed by atoms with E-state index in [1.54, 1.807) is 11.3 Å². The van der Waals surface area contributed by atoms with Crippen LogP contribution in [0.25, 0.3) is 10.4 Å². The number of aromatic nitrogens is 1. The monoisotopic (exact) mass is 544 g/mol. The van der Waals surface area contributed by atoms with Gasteiger partial charge < -0.3 is 19.5 Å². The largest absolute Gasteiger partial charge is 0.447 e. The standard InChI is InChI=1S/C28H40N4O5S/c1-18(2)36-27(33)30-22-7-5-20(6-8-22)26-29-16-25(38-26)24-10-9-23(31-28(34)37-19(3)4)15-21(24)17-32-11-13-35-14-12-32/h9-10,15-16,18-20,22H,5-8,11-14,17H2,1-4H3,(H,30,33)(H,31,34). The highest BCUT2D eigenvalue weighted by Gasteiger charge is 2.26. The van der Waals surface area contributed by atoms with Gasteiger partial charge in [-0.2, -0.15) is 0 Å². The summed E-state index contributed by atoms with van der Waals surface area (Å²) >= 11 is 1.74. The number of nitrogens with zero attached hydrogens (tertiary/aromatic N) is 2. The average Bonchev–Trinajstić information content (AvgIpc) is 3.34.